The number of hydrogen-bond donors (Lipinski definition) is 1. The van der Waals surface area contributed by atoms with E-state index in [0.29, 0.717) is 18.7 Å². The lowest BCUT2D eigenvalue weighted by molar-refractivity contribution is 0.251. The zero-order chi connectivity index (χ0) is 16.5. The molecule has 5 nitrogen and oxygen atoms in total. The first-order valence-electron chi connectivity index (χ1n) is 7.76. The van der Waals surface area contributed by atoms with Gasteiger partial charge < -0.3 is 14.5 Å². The number of ether oxygens (including phenoxy) is 1. The Morgan fingerprint density at radius 1 is 1.38 bits per heavy atom. The highest BCUT2D eigenvalue weighted by atomic mass is 19.1. The molecule has 4 rings (SSSR count). The van der Waals surface area contributed by atoms with E-state index >= 15 is 0 Å². The van der Waals surface area contributed by atoms with Crippen LogP contribution in [0, 0.1) is 17.1 Å². The van der Waals surface area contributed by atoms with Gasteiger partial charge in [-0.15, -0.1) is 0 Å². The summed E-state index contributed by atoms with van der Waals surface area (Å²) < 4.78 is 21.0. The van der Waals surface area contributed by atoms with E-state index in [-0.39, 0.29) is 11.9 Å². The van der Waals surface area contributed by atoms with Gasteiger partial charge >= 0.3 is 0 Å². The Morgan fingerprint density at radius 3 is 3.17 bits per heavy atom. The number of halogens is 1. The van der Waals surface area contributed by atoms with Crippen molar-refractivity contribution in [3.05, 3.63) is 65.4 Å². The number of hydrogen-bond acceptors (Lipinski definition) is 4. The Bertz CT molecular complexity index is 944. The molecule has 1 aromatic carbocycles. The summed E-state index contributed by atoms with van der Waals surface area (Å²) in [5.41, 5.74) is 3.17. The quantitative estimate of drug-likeness (QED) is 0.805. The predicted octanol–water partition coefficient (Wildman–Crippen LogP) is 2.96. The van der Waals surface area contributed by atoms with Crippen molar-refractivity contribution >= 4 is 5.65 Å². The van der Waals surface area contributed by atoms with Crippen molar-refractivity contribution in [3.63, 3.8) is 0 Å². The van der Waals surface area contributed by atoms with Gasteiger partial charge in [0.25, 0.3) is 0 Å². The van der Waals surface area contributed by atoms with Gasteiger partial charge in [0.1, 0.15) is 23.3 Å². The van der Waals surface area contributed by atoms with Crippen LogP contribution in [0.15, 0.2) is 42.7 Å². The lowest BCUT2D eigenvalue weighted by Gasteiger charge is -2.26. The van der Waals surface area contributed by atoms with Crippen LogP contribution < -0.4 is 10.1 Å². The van der Waals surface area contributed by atoms with Crippen LogP contribution >= 0.6 is 0 Å². The number of fused-ring (bicyclic) bond motifs is 2. The summed E-state index contributed by atoms with van der Waals surface area (Å²) in [6, 6.07) is 10.3. The second kappa shape index (κ2) is 5.95. The lowest BCUT2D eigenvalue weighted by Crippen LogP contribution is -2.27. The van der Waals surface area contributed by atoms with E-state index in [2.05, 4.69) is 16.4 Å². The average molecular weight is 322 g/mol. The fourth-order valence-electron chi connectivity index (χ4n) is 3.03. The van der Waals surface area contributed by atoms with Crippen molar-refractivity contribution < 1.29 is 9.13 Å². The van der Waals surface area contributed by atoms with Gasteiger partial charge in [-0.3, -0.25) is 0 Å². The lowest BCUT2D eigenvalue weighted by atomic mass is 10.0. The van der Waals surface area contributed by atoms with E-state index in [4.69, 9.17) is 10.00 Å². The van der Waals surface area contributed by atoms with Gasteiger partial charge in [-0.25, -0.2) is 9.37 Å². The Hall–Kier alpha value is -2.91. The molecule has 0 amide bonds. The summed E-state index contributed by atoms with van der Waals surface area (Å²) in [7, 11) is 0. The maximum absolute atomic E-state index is 13.5. The third kappa shape index (κ3) is 2.59. The maximum Gasteiger partial charge on any atom is 0.137 e. The van der Waals surface area contributed by atoms with Gasteiger partial charge in [0, 0.05) is 30.8 Å². The van der Waals surface area contributed by atoms with Crippen molar-refractivity contribution in [1.29, 1.82) is 5.26 Å². The van der Waals surface area contributed by atoms with Crippen LogP contribution in [0.4, 0.5) is 4.39 Å². The molecule has 3 heterocycles. The van der Waals surface area contributed by atoms with Crippen molar-refractivity contribution in [2.75, 3.05) is 6.61 Å². The number of aromatic nitrogens is 2. The molecule has 0 saturated heterocycles. The Morgan fingerprint density at radius 2 is 2.29 bits per heavy atom. The fraction of sp³-hybridized carbons (Fsp3) is 0.222. The molecular formula is C18H15FN4O. The van der Waals surface area contributed by atoms with Crippen molar-refractivity contribution in [2.45, 2.75) is 19.0 Å². The first-order valence-corrected chi connectivity index (χ1v) is 7.76. The van der Waals surface area contributed by atoms with Crippen LogP contribution in [0.25, 0.3) is 5.65 Å². The maximum atomic E-state index is 13.5. The molecule has 6 heteroatoms. The molecule has 0 spiro atoms. The van der Waals surface area contributed by atoms with Crippen molar-refractivity contribution in [2.24, 2.45) is 0 Å². The van der Waals surface area contributed by atoms with Gasteiger partial charge in [0.15, 0.2) is 0 Å². The number of rotatable bonds is 3. The zero-order valence-electron chi connectivity index (χ0n) is 12.9. The van der Waals surface area contributed by atoms with Crippen molar-refractivity contribution in [1.82, 2.24) is 14.7 Å². The van der Waals surface area contributed by atoms with Crippen LogP contribution in [0.3, 0.4) is 0 Å². The van der Waals surface area contributed by atoms with Crippen LogP contribution in [-0.4, -0.2) is 16.0 Å². The number of benzene rings is 1. The minimum absolute atomic E-state index is 0.0224. The molecule has 1 aliphatic rings. The molecule has 3 aromatic rings. The van der Waals surface area contributed by atoms with E-state index in [1.54, 1.807) is 24.5 Å². The van der Waals surface area contributed by atoms with Crippen LogP contribution in [0.2, 0.25) is 0 Å². The standard InChI is InChI=1S/C18H15FN4O/c19-13-2-3-17-15(7-13)16(5-6-24-17)21-9-14-10-22-18-4-1-12(8-20)11-23(14)18/h1-4,7,10-11,16,21H,5-6,9H2/t16-/m0/s1. The smallest absolute Gasteiger partial charge is 0.137 e. The molecule has 24 heavy (non-hydrogen) atoms. The highest BCUT2D eigenvalue weighted by molar-refractivity contribution is 5.44. The Labute approximate surface area is 138 Å². The van der Waals surface area contributed by atoms with Gasteiger partial charge in [-0.05, 0) is 30.3 Å². The molecule has 0 bridgehead atoms. The minimum atomic E-state index is -0.264. The monoisotopic (exact) mass is 322 g/mol. The number of imidazole rings is 1. The summed E-state index contributed by atoms with van der Waals surface area (Å²) in [5.74, 6) is 0.463. The molecule has 0 saturated carbocycles. The van der Waals surface area contributed by atoms with E-state index in [9.17, 15) is 4.39 Å². The van der Waals surface area contributed by atoms with Gasteiger partial charge in [-0.2, -0.15) is 5.26 Å². The summed E-state index contributed by atoms with van der Waals surface area (Å²) in [6.45, 7) is 1.17. The fourth-order valence-corrected chi connectivity index (χ4v) is 3.03. The van der Waals surface area contributed by atoms with Crippen LogP contribution in [-0.2, 0) is 6.54 Å². The minimum Gasteiger partial charge on any atom is -0.493 e. The summed E-state index contributed by atoms with van der Waals surface area (Å²) in [6.07, 6.45) is 4.34. The number of nitrogens with zero attached hydrogens (tertiary/aromatic N) is 3. The summed E-state index contributed by atoms with van der Waals surface area (Å²) in [4.78, 5) is 4.35. The normalized spacial score (nSPS) is 16.4. The molecule has 1 N–H and O–H groups in total. The topological polar surface area (TPSA) is 62.3 Å². The van der Waals surface area contributed by atoms with Gasteiger partial charge in [-0.1, -0.05) is 0 Å². The SMILES string of the molecule is N#Cc1ccc2ncc(CN[C@H]3CCOc4ccc(F)cc43)n2c1. The molecular weight excluding hydrogens is 307 g/mol. The first-order chi connectivity index (χ1) is 11.7. The van der Waals surface area contributed by atoms with Crippen molar-refractivity contribution in [3.8, 4) is 11.8 Å². The second-order valence-electron chi connectivity index (χ2n) is 5.76. The Balaban J connectivity index is 1.58. The third-order valence-corrected chi connectivity index (χ3v) is 4.25. The number of nitriles is 1. The summed E-state index contributed by atoms with van der Waals surface area (Å²) in [5, 5.41) is 12.5. The average Bonchev–Trinajstić information content (AvgIpc) is 3.02. The molecule has 0 unspecified atom stereocenters. The molecule has 2 aromatic heterocycles. The first kappa shape index (κ1) is 14.7. The molecule has 0 radical (unpaired) electrons. The molecule has 1 atom stereocenters. The highest BCUT2D eigenvalue weighted by Gasteiger charge is 2.22. The molecule has 0 aliphatic carbocycles. The zero-order valence-corrected chi connectivity index (χ0v) is 12.9. The predicted molar refractivity (Wildman–Crippen MR) is 86.0 cm³/mol. The van der Waals surface area contributed by atoms with E-state index in [1.165, 1.54) is 12.1 Å². The molecule has 0 fully saturated rings. The van der Waals surface area contributed by atoms with Gasteiger partial charge in [0.2, 0.25) is 0 Å². The third-order valence-electron chi connectivity index (χ3n) is 4.25. The van der Waals surface area contributed by atoms with E-state index in [1.807, 2.05) is 10.5 Å². The second-order valence-corrected chi connectivity index (χ2v) is 5.76. The summed E-state index contributed by atoms with van der Waals surface area (Å²) >= 11 is 0. The Kier molecular flexibility index (Phi) is 3.63. The van der Waals surface area contributed by atoms with Crippen LogP contribution in [0.1, 0.15) is 29.3 Å². The van der Waals surface area contributed by atoms with Gasteiger partial charge in [0.05, 0.1) is 24.1 Å². The largest absolute Gasteiger partial charge is 0.493 e. The van der Waals surface area contributed by atoms with E-state index in [0.717, 1.165) is 29.1 Å². The molecule has 1 aliphatic heterocycles. The number of pyridine rings is 1. The highest BCUT2D eigenvalue weighted by Crippen LogP contribution is 2.32. The molecule has 120 valence electrons. The van der Waals surface area contributed by atoms with Crippen LogP contribution in [0.5, 0.6) is 5.75 Å². The number of nitrogens with one attached hydrogen (secondary N) is 1. The van der Waals surface area contributed by atoms with E-state index < -0.39 is 0 Å².